The molecular weight excluding hydrogens is 512 g/mol. The van der Waals surface area contributed by atoms with Crippen LogP contribution in [0.5, 0.6) is 0 Å². The van der Waals surface area contributed by atoms with Crippen molar-refractivity contribution in [1.29, 1.82) is 0 Å². The monoisotopic (exact) mass is 540 g/mol. The van der Waals surface area contributed by atoms with Crippen LogP contribution in [0.3, 0.4) is 0 Å². The van der Waals surface area contributed by atoms with Crippen molar-refractivity contribution in [1.82, 2.24) is 4.98 Å². The number of aromatic nitrogens is 1. The Morgan fingerprint density at radius 1 is 0.947 bits per heavy atom. The zero-order valence-corrected chi connectivity index (χ0v) is 21.4. The molecule has 2 aromatic carbocycles. The lowest BCUT2D eigenvalue weighted by atomic mass is 9.97. The molecule has 3 heterocycles. The summed E-state index contributed by atoms with van der Waals surface area (Å²) in [5.41, 5.74) is 7.49. The second-order valence-electron chi connectivity index (χ2n) is 9.11. The van der Waals surface area contributed by atoms with E-state index in [9.17, 15) is 13.2 Å². The summed E-state index contributed by atoms with van der Waals surface area (Å²) in [6, 6.07) is 23.5. The molecule has 2 fully saturated rings. The SMILES string of the molecule is CS(=O)(=O)O[C@H](c1cccc(CC(N)=O)n1)[C@@H]1OC(c2ccccc2)O[C@@H]2COC(c3ccccc3)O[C@@H]12. The van der Waals surface area contributed by atoms with Crippen LogP contribution in [0.15, 0.2) is 78.9 Å². The van der Waals surface area contributed by atoms with Gasteiger partial charge in [-0.25, -0.2) is 0 Å². The molecule has 10 nitrogen and oxygen atoms in total. The minimum atomic E-state index is -3.98. The Bertz CT molecular complexity index is 1360. The summed E-state index contributed by atoms with van der Waals surface area (Å²) in [6.07, 6.45) is -4.30. The van der Waals surface area contributed by atoms with Crippen LogP contribution >= 0.6 is 0 Å². The van der Waals surface area contributed by atoms with Crippen LogP contribution in [0.4, 0.5) is 0 Å². The zero-order chi connectivity index (χ0) is 26.7. The molecule has 1 aromatic heterocycles. The number of primary amides is 1. The van der Waals surface area contributed by atoms with Crippen LogP contribution in [0.1, 0.15) is 41.2 Å². The average Bonchev–Trinajstić information content (AvgIpc) is 2.91. The van der Waals surface area contributed by atoms with Crippen LogP contribution in [0.2, 0.25) is 0 Å². The summed E-state index contributed by atoms with van der Waals surface area (Å²) in [7, 11) is -3.98. The first-order chi connectivity index (χ1) is 18.3. The van der Waals surface area contributed by atoms with Gasteiger partial charge in [-0.1, -0.05) is 66.7 Å². The number of ether oxygens (including phenoxy) is 4. The van der Waals surface area contributed by atoms with Gasteiger partial charge in [-0.2, -0.15) is 8.42 Å². The maximum Gasteiger partial charge on any atom is 0.265 e. The van der Waals surface area contributed by atoms with Crippen molar-refractivity contribution in [3.63, 3.8) is 0 Å². The van der Waals surface area contributed by atoms with Crippen molar-refractivity contribution >= 4 is 16.0 Å². The summed E-state index contributed by atoms with van der Waals surface area (Å²) in [5, 5.41) is 0. The second kappa shape index (κ2) is 11.3. The van der Waals surface area contributed by atoms with Crippen molar-refractivity contribution in [2.45, 2.75) is 43.4 Å². The van der Waals surface area contributed by atoms with E-state index in [-0.39, 0.29) is 18.7 Å². The highest BCUT2D eigenvalue weighted by Gasteiger charge is 2.50. The number of carbonyl (C=O) groups excluding carboxylic acids is 1. The number of amides is 1. The summed E-state index contributed by atoms with van der Waals surface area (Å²) in [4.78, 5) is 16.0. The molecule has 0 spiro atoms. The Morgan fingerprint density at radius 3 is 2.24 bits per heavy atom. The molecule has 0 bridgehead atoms. The highest BCUT2D eigenvalue weighted by molar-refractivity contribution is 7.86. The van der Waals surface area contributed by atoms with Gasteiger partial charge < -0.3 is 24.7 Å². The van der Waals surface area contributed by atoms with E-state index in [1.54, 1.807) is 18.2 Å². The number of hydrogen-bond donors (Lipinski definition) is 1. The molecule has 0 radical (unpaired) electrons. The summed E-state index contributed by atoms with van der Waals surface area (Å²) in [5.74, 6) is -0.569. The number of hydrogen-bond acceptors (Lipinski definition) is 9. The van der Waals surface area contributed by atoms with Gasteiger partial charge in [0.05, 0.1) is 30.7 Å². The molecule has 2 aliphatic rings. The van der Waals surface area contributed by atoms with Gasteiger partial charge in [0.15, 0.2) is 12.6 Å². The molecule has 2 aliphatic heterocycles. The zero-order valence-electron chi connectivity index (χ0n) is 20.6. The van der Waals surface area contributed by atoms with E-state index in [0.29, 0.717) is 5.69 Å². The predicted molar refractivity (Wildman–Crippen MR) is 135 cm³/mol. The number of fused-ring (bicyclic) bond motifs is 1. The average molecular weight is 541 g/mol. The standard InChI is InChI=1S/C27H28N2O8S/c1-38(31,32)37-23(20-14-8-13-19(29-20)15-22(28)30)25-24-21(34-27(36-25)18-11-6-3-7-12-18)16-33-26(35-24)17-9-4-2-5-10-17/h2-14,21,23-27H,15-16H2,1H3,(H2,28,30)/t21-,23-,24-,25+,26?,27?/m1/s1. The Kier molecular flexibility index (Phi) is 7.84. The Labute approximate surface area is 220 Å². The highest BCUT2D eigenvalue weighted by atomic mass is 32.2. The van der Waals surface area contributed by atoms with Crippen LogP contribution in [0.25, 0.3) is 0 Å². The normalized spacial score (nSPS) is 26.3. The topological polar surface area (TPSA) is 136 Å². The molecule has 2 unspecified atom stereocenters. The van der Waals surface area contributed by atoms with Crippen LogP contribution in [-0.4, -0.2) is 50.5 Å². The smallest absolute Gasteiger partial charge is 0.265 e. The number of benzene rings is 2. The lowest BCUT2D eigenvalue weighted by Gasteiger charge is -2.47. The molecule has 1 amide bonds. The van der Waals surface area contributed by atoms with Gasteiger partial charge in [0.1, 0.15) is 24.4 Å². The Morgan fingerprint density at radius 2 is 1.61 bits per heavy atom. The third-order valence-electron chi connectivity index (χ3n) is 6.16. The fourth-order valence-electron chi connectivity index (χ4n) is 4.55. The van der Waals surface area contributed by atoms with E-state index in [0.717, 1.165) is 17.4 Å². The molecule has 3 aromatic rings. The first-order valence-corrected chi connectivity index (χ1v) is 13.9. The molecule has 2 saturated heterocycles. The first-order valence-electron chi connectivity index (χ1n) is 12.1. The van der Waals surface area contributed by atoms with Gasteiger partial charge in [0, 0.05) is 11.1 Å². The minimum Gasteiger partial charge on any atom is -0.369 e. The van der Waals surface area contributed by atoms with E-state index >= 15 is 0 Å². The molecule has 0 saturated carbocycles. The van der Waals surface area contributed by atoms with E-state index < -0.39 is 53.0 Å². The first kappa shape index (κ1) is 26.4. The predicted octanol–water partition coefficient (Wildman–Crippen LogP) is 2.72. The van der Waals surface area contributed by atoms with Gasteiger partial charge in [-0.15, -0.1) is 0 Å². The summed E-state index contributed by atoms with van der Waals surface area (Å²) in [6.45, 7) is 0.175. The third-order valence-corrected chi connectivity index (χ3v) is 6.71. The second-order valence-corrected chi connectivity index (χ2v) is 10.7. The third kappa shape index (κ3) is 6.26. The van der Waals surface area contributed by atoms with Crippen molar-refractivity contribution in [2.75, 3.05) is 12.9 Å². The number of nitrogens with two attached hydrogens (primary N) is 1. The molecule has 2 N–H and O–H groups in total. The van der Waals surface area contributed by atoms with Crippen molar-refractivity contribution in [3.05, 3.63) is 101 Å². The van der Waals surface area contributed by atoms with E-state index in [2.05, 4.69) is 4.98 Å². The van der Waals surface area contributed by atoms with Gasteiger partial charge in [0.2, 0.25) is 5.91 Å². The largest absolute Gasteiger partial charge is 0.369 e. The highest BCUT2D eigenvalue weighted by Crippen LogP contribution is 2.42. The maximum atomic E-state index is 12.4. The number of nitrogens with zero attached hydrogens (tertiary/aromatic N) is 1. The van der Waals surface area contributed by atoms with Gasteiger partial charge >= 0.3 is 0 Å². The van der Waals surface area contributed by atoms with Gasteiger partial charge in [-0.3, -0.25) is 14.0 Å². The summed E-state index contributed by atoms with van der Waals surface area (Å²) < 4.78 is 55.4. The Hall–Kier alpha value is -3.19. The number of carbonyl (C=O) groups is 1. The lowest BCUT2D eigenvalue weighted by Crippen LogP contribution is -2.56. The number of rotatable bonds is 8. The van der Waals surface area contributed by atoms with Crippen molar-refractivity contribution in [3.8, 4) is 0 Å². The molecule has 38 heavy (non-hydrogen) atoms. The fourth-order valence-corrected chi connectivity index (χ4v) is 5.14. The van der Waals surface area contributed by atoms with Gasteiger partial charge in [-0.05, 0) is 12.1 Å². The fraction of sp³-hybridized carbons (Fsp3) is 0.333. The van der Waals surface area contributed by atoms with E-state index in [1.165, 1.54) is 0 Å². The van der Waals surface area contributed by atoms with Crippen LogP contribution in [0, 0.1) is 0 Å². The molecular formula is C27H28N2O8S. The van der Waals surface area contributed by atoms with Crippen LogP contribution in [-0.2, 0) is 44.5 Å². The van der Waals surface area contributed by atoms with Crippen molar-refractivity contribution < 1.29 is 36.3 Å². The minimum absolute atomic E-state index is 0.118. The molecule has 5 rings (SSSR count). The lowest BCUT2D eigenvalue weighted by molar-refractivity contribution is -0.372. The Balaban J connectivity index is 1.54. The maximum absolute atomic E-state index is 12.4. The van der Waals surface area contributed by atoms with Crippen LogP contribution < -0.4 is 5.73 Å². The quantitative estimate of drug-likeness (QED) is 0.428. The summed E-state index contributed by atoms with van der Waals surface area (Å²) >= 11 is 0. The van der Waals surface area contributed by atoms with E-state index in [4.69, 9.17) is 28.9 Å². The molecule has 11 heteroatoms. The molecule has 0 aliphatic carbocycles. The molecule has 6 atom stereocenters. The van der Waals surface area contributed by atoms with Crippen molar-refractivity contribution in [2.24, 2.45) is 5.73 Å². The number of pyridine rings is 1. The van der Waals surface area contributed by atoms with E-state index in [1.807, 2.05) is 60.7 Å². The molecule has 200 valence electrons. The van der Waals surface area contributed by atoms with Gasteiger partial charge in [0.25, 0.3) is 10.1 Å².